The van der Waals surface area contributed by atoms with Crippen molar-refractivity contribution in [2.24, 2.45) is 5.92 Å². The average molecular weight is 1040 g/mol. The Hall–Kier alpha value is 9.35. The predicted octanol–water partition coefficient (Wildman–Crippen LogP) is 3.60. The Kier molecular flexibility index (Phi) is 118. The molecule has 21 heteroatoms. The quantitative estimate of drug-likeness (QED) is 0.162. The Morgan fingerprint density at radius 3 is 0.754 bits per heavy atom. The number of fused-ring (bicyclic) bond motifs is 6. The standard InChI is InChI=1S/C21H18O7.C4H10.C3H8.4C2H6.6Al.6K.2H2O.6H/c1-2-27-20-7-14-12(5-18(20)25)10-3-16(23)17(24)4-11(10)15-8-21(28-9-22)19(26)6-13(14)15;1-4(2)3;1-3-2;4*1-2;;;;;;;;;;;;;;;;;;;;/h3-8,22-26H,2,9H2,1H3;4H,1-3H3;3H2,1-2H3;4*1-2H3;;;;;;;;;;;;;2*1H2;;;;;;/q;;;;;;;;;4*+1;;;;;;;;;;;;;;/p-4. The summed E-state index contributed by atoms with van der Waals surface area (Å²) in [6.45, 7) is 28.7. The summed E-state index contributed by atoms with van der Waals surface area (Å²) in [5.74, 6) is 4.41. The monoisotopic (exact) mass is 1040 g/mol. The Morgan fingerprint density at radius 2 is 0.596 bits per heavy atom. The molecule has 0 heterocycles. The van der Waals surface area contributed by atoms with Crippen LogP contribution in [0.2, 0.25) is 0 Å². The van der Waals surface area contributed by atoms with Gasteiger partial charge in [0.05, 0.1) is 41.3 Å². The van der Waals surface area contributed by atoms with Gasteiger partial charge in [0.25, 0.3) is 0 Å². The van der Waals surface area contributed by atoms with Crippen molar-refractivity contribution in [1.29, 1.82) is 0 Å². The molecule has 0 amide bonds. The summed E-state index contributed by atoms with van der Waals surface area (Å²) >= 11 is 5.55. The van der Waals surface area contributed by atoms with Crippen LogP contribution in [0.3, 0.4) is 0 Å². The molecule has 0 fully saturated rings. The molecule has 9 nitrogen and oxygen atoms in total. The first-order valence-corrected chi connectivity index (χ1v) is 19.1. The van der Waals surface area contributed by atoms with Gasteiger partial charge in [-0.2, -0.15) is 0 Å². The molecule has 0 saturated carbocycles. The minimum absolute atomic E-state index is 0. The van der Waals surface area contributed by atoms with Crippen molar-refractivity contribution in [3.8, 4) is 34.5 Å². The summed E-state index contributed by atoms with van der Waals surface area (Å²) in [6, 6.07) is 11.7. The van der Waals surface area contributed by atoms with Crippen LogP contribution in [0.15, 0.2) is 36.4 Å². The van der Waals surface area contributed by atoms with Crippen molar-refractivity contribution in [1.82, 2.24) is 0 Å². The van der Waals surface area contributed by atoms with Crippen LogP contribution in [0.1, 0.15) is 103 Å². The molecular weight excluding hydrogens is 973 g/mol. The maximum atomic E-state index is 9.36. The third-order valence-electron chi connectivity index (χ3n) is 5.26. The zero-order chi connectivity index (χ0) is 37.1. The number of ether oxygens (including phenoxy) is 2. The molecule has 0 aliphatic carbocycles. The molecule has 0 atom stereocenters. The van der Waals surface area contributed by atoms with Gasteiger partial charge in [-0.3, -0.25) is 0 Å². The van der Waals surface area contributed by atoms with Gasteiger partial charge in [-0.05, 0) is 81.6 Å². The zero-order valence-electron chi connectivity index (χ0n) is 40.3. The van der Waals surface area contributed by atoms with Crippen LogP contribution in [0.4, 0.5) is 0 Å². The van der Waals surface area contributed by atoms with E-state index in [4.69, 9.17) is 24.6 Å². The van der Waals surface area contributed by atoms with Gasteiger partial charge in [-0.1, -0.05) is 96.4 Å². The van der Waals surface area contributed by atoms with E-state index in [-0.39, 0.29) is 354 Å². The fourth-order valence-electron chi connectivity index (χ4n) is 3.92. The number of hydrogen-bond acceptors (Lipinski definition) is 7. The zero-order valence-corrected chi connectivity index (χ0v) is 67.5. The summed E-state index contributed by atoms with van der Waals surface area (Å²) in [7, 11) is 0. The van der Waals surface area contributed by atoms with Gasteiger partial charge in [-0.25, -0.2) is 0 Å². The van der Waals surface area contributed by atoms with E-state index in [0.29, 0.717) is 41.1 Å². The van der Waals surface area contributed by atoms with E-state index in [1.54, 1.807) is 0 Å². The van der Waals surface area contributed by atoms with Gasteiger partial charge in [0.15, 0.2) is 18.3 Å². The molecule has 0 saturated heterocycles. The van der Waals surface area contributed by atoms with Crippen LogP contribution in [-0.4, -0.2) is 439 Å². The molecule has 0 aromatic heterocycles. The molecule has 4 aromatic rings. The Morgan fingerprint density at radius 1 is 0.439 bits per heavy atom. The Labute approximate surface area is 658 Å². The minimum Gasteiger partial charge on any atom is -0.648 e. The summed E-state index contributed by atoms with van der Waals surface area (Å²) in [5, 5.41) is 15.1. The van der Waals surface area contributed by atoms with Crippen LogP contribution in [0, 0.1) is 5.92 Å². The molecule has 4 rings (SSSR count). The maximum Gasteiger partial charge on any atom is 0.494 e. The second-order valence-electron chi connectivity index (χ2n) is 9.26. The second kappa shape index (κ2) is 67.4. The molecule has 0 aliphatic heterocycles. The van der Waals surface area contributed by atoms with Crippen LogP contribution < -0.4 is 24.6 Å². The maximum absolute atomic E-state index is 9.36. The van der Waals surface area contributed by atoms with E-state index < -0.39 is 6.79 Å². The fourth-order valence-corrected chi connectivity index (χ4v) is 4.82. The van der Waals surface area contributed by atoms with E-state index in [2.05, 4.69) is 34.6 Å². The molecular formula is C36H66Al6K6O9. The van der Waals surface area contributed by atoms with Crippen LogP contribution in [0.25, 0.3) is 32.3 Å². The molecule has 0 aliphatic rings. The van der Waals surface area contributed by atoms with Crippen LogP contribution >= 0.6 is 0 Å². The van der Waals surface area contributed by atoms with Crippen LogP contribution in [0.5, 0.6) is 34.5 Å². The molecule has 0 spiro atoms. The average Bonchev–Trinajstić information content (AvgIpc) is 3.11. The van der Waals surface area contributed by atoms with Gasteiger partial charge in [0.1, 0.15) is 23.0 Å². The number of rotatable bonds is 8. The number of benzene rings is 4. The topological polar surface area (TPSA) is 139 Å². The number of aliphatic hydroxyl groups excluding tert-OH is 1. The largest absolute Gasteiger partial charge is 0.648 e. The van der Waals surface area contributed by atoms with E-state index >= 15 is 0 Å². The molecule has 14 radical (unpaired) electrons. The molecule has 0 bridgehead atoms. The number of aliphatic hydroxyl groups is 1. The van der Waals surface area contributed by atoms with E-state index in [1.807, 2.05) is 98.7 Å². The second-order valence-corrected chi connectivity index (χ2v) is 10.4. The van der Waals surface area contributed by atoms with Gasteiger partial charge in [0, 0.05) is 308 Å². The minimum atomic E-state index is -0.456. The first-order valence-electron chi connectivity index (χ1n) is 16.8. The van der Waals surface area contributed by atoms with Crippen LogP contribution in [-0.2, 0) is 0 Å². The van der Waals surface area contributed by atoms with Crippen molar-refractivity contribution < 1.29 is 40.7 Å². The predicted molar refractivity (Wildman–Crippen MR) is 267 cm³/mol. The van der Waals surface area contributed by atoms with E-state index in [1.165, 1.54) is 72.9 Å². The SMILES string of the molecule is CC.CC.CC.CC.CC(C)C.CCC.CCOc1cc2c(cc1[O][AlH])c1cc([O][AlH])c([O][AlH])cc1c1cc(OCO)c([O][AlH])cc21.O.O.[AlH].[AlH].[K].[K].[K].[K].[K].[K]. The fraction of sp³-hybridized carbons (Fsp3) is 0.500. The van der Waals surface area contributed by atoms with Crippen molar-refractivity contribution in [3.63, 3.8) is 0 Å². The molecule has 4 aromatic carbocycles. The first kappa shape index (κ1) is 99.6. The summed E-state index contributed by atoms with van der Waals surface area (Å²) in [4.78, 5) is 0. The molecule has 0 unspecified atom stereocenters. The first-order chi connectivity index (χ1) is 22.7. The third kappa shape index (κ3) is 37.8. The van der Waals surface area contributed by atoms with Crippen molar-refractivity contribution in [2.75, 3.05) is 13.4 Å². The smallest absolute Gasteiger partial charge is 0.494 e. The molecule has 57 heavy (non-hydrogen) atoms. The number of hydrogen-bond donors (Lipinski definition) is 1. The summed E-state index contributed by atoms with van der Waals surface area (Å²) in [5.41, 5.74) is 0. The third-order valence-corrected chi connectivity index (χ3v) is 6.51. The van der Waals surface area contributed by atoms with E-state index in [0.717, 1.165) is 38.2 Å². The summed E-state index contributed by atoms with van der Waals surface area (Å²) < 4.78 is 33.7. The molecule has 288 valence electrons. The van der Waals surface area contributed by atoms with Gasteiger partial charge < -0.3 is 40.7 Å². The van der Waals surface area contributed by atoms with Gasteiger partial charge in [0.2, 0.25) is 0 Å². The normalized spacial score (nSPS) is 7.51. The van der Waals surface area contributed by atoms with Crippen molar-refractivity contribution in [2.45, 2.75) is 103 Å². The Balaban J connectivity index is -0.0000000627. The summed E-state index contributed by atoms with van der Waals surface area (Å²) in [6.07, 6.45) is 1.25. The van der Waals surface area contributed by atoms with Gasteiger partial charge in [-0.15, -0.1) is 0 Å². The van der Waals surface area contributed by atoms with E-state index in [9.17, 15) is 5.11 Å². The van der Waals surface area contributed by atoms with Crippen molar-refractivity contribution >= 4 is 442 Å². The Bertz CT molecular complexity index is 1380. The van der Waals surface area contributed by atoms with Crippen molar-refractivity contribution in [3.05, 3.63) is 36.4 Å². The molecule has 5 N–H and O–H groups in total. The van der Waals surface area contributed by atoms with Gasteiger partial charge >= 0.3 is 66.5 Å².